The average molecular weight is 980 g/mol. The van der Waals surface area contributed by atoms with Crippen molar-refractivity contribution >= 4 is 23.9 Å². The Kier molecular flexibility index (Phi) is 55.2. The highest BCUT2D eigenvalue weighted by Crippen LogP contribution is 2.18. The fourth-order valence-corrected chi connectivity index (χ4v) is 8.85. The molecule has 0 heterocycles. The maximum atomic E-state index is 12.8. The van der Waals surface area contributed by atoms with Crippen LogP contribution in [0.2, 0.25) is 0 Å². The summed E-state index contributed by atoms with van der Waals surface area (Å²) in [5, 5.41) is 0. The van der Waals surface area contributed by atoms with Gasteiger partial charge in [-0.15, -0.1) is 0 Å². The molecule has 69 heavy (non-hydrogen) atoms. The van der Waals surface area contributed by atoms with Gasteiger partial charge in [-0.1, -0.05) is 273 Å². The van der Waals surface area contributed by atoms with Gasteiger partial charge >= 0.3 is 23.9 Å². The van der Waals surface area contributed by atoms with Gasteiger partial charge in [-0.05, 0) is 43.9 Å². The van der Waals surface area contributed by atoms with Gasteiger partial charge in [0.2, 0.25) is 0 Å². The van der Waals surface area contributed by atoms with Crippen molar-refractivity contribution in [3.8, 4) is 0 Å². The normalized spacial score (nSPS) is 11.4. The fourth-order valence-electron chi connectivity index (χ4n) is 8.85. The van der Waals surface area contributed by atoms with E-state index in [-0.39, 0.29) is 37.1 Å². The number of esters is 4. The molecule has 0 aromatic rings. The van der Waals surface area contributed by atoms with E-state index < -0.39 is 6.10 Å². The summed E-state index contributed by atoms with van der Waals surface area (Å²) in [5.74, 6) is 1.44. The Morgan fingerprint density at radius 2 is 0.522 bits per heavy atom. The van der Waals surface area contributed by atoms with E-state index in [4.69, 9.17) is 14.2 Å². The summed E-state index contributed by atoms with van der Waals surface area (Å²) < 4.78 is 21.3. The van der Waals surface area contributed by atoms with Crippen molar-refractivity contribution in [2.24, 2.45) is 17.8 Å². The minimum absolute atomic E-state index is 0.0638. The van der Waals surface area contributed by atoms with Crippen LogP contribution in [0, 0.1) is 17.8 Å². The molecule has 0 saturated carbocycles. The maximum absolute atomic E-state index is 12.8. The first-order chi connectivity index (χ1) is 33.4. The number of hydrogen-bond donors (Lipinski definition) is 0. The van der Waals surface area contributed by atoms with Crippen LogP contribution in [-0.4, -0.2) is 49.8 Å². The second-order valence-corrected chi connectivity index (χ2v) is 21.9. The lowest BCUT2D eigenvalue weighted by molar-refractivity contribution is -0.167. The molecule has 0 aromatic carbocycles. The first kappa shape index (κ1) is 69.0. The van der Waals surface area contributed by atoms with Crippen LogP contribution in [0.1, 0.15) is 325 Å². The minimum Gasteiger partial charge on any atom is -0.466 e. The van der Waals surface area contributed by atoms with Crippen molar-refractivity contribution in [2.75, 3.05) is 19.8 Å². The molecule has 0 unspecified atom stereocenters. The summed E-state index contributed by atoms with van der Waals surface area (Å²) in [7, 11) is 0. The lowest BCUT2D eigenvalue weighted by Crippen LogP contribution is -2.30. The van der Waals surface area contributed by atoms with E-state index >= 15 is 0 Å². The zero-order chi connectivity index (χ0) is 51.3. The van der Waals surface area contributed by atoms with E-state index in [2.05, 4.69) is 46.3 Å². The number of rotatable bonds is 51. The highest BCUT2D eigenvalue weighted by Gasteiger charge is 2.19. The Bertz CT molecular complexity index is 1050. The summed E-state index contributed by atoms with van der Waals surface area (Å²) in [5.41, 5.74) is 0. The van der Waals surface area contributed by atoms with E-state index in [0.717, 1.165) is 75.5 Å². The third-order valence-electron chi connectivity index (χ3n) is 13.2. The van der Waals surface area contributed by atoms with Gasteiger partial charge in [0.25, 0.3) is 0 Å². The summed E-state index contributed by atoms with van der Waals surface area (Å²) >= 11 is 0. The molecule has 0 aliphatic rings. The zero-order valence-electron chi connectivity index (χ0n) is 47.4. The molecule has 0 fully saturated rings. The van der Waals surface area contributed by atoms with Crippen molar-refractivity contribution in [1.82, 2.24) is 0 Å². The number of carbonyl (C=O) groups excluding carboxylic acids is 4. The van der Waals surface area contributed by atoms with E-state index in [9.17, 15) is 19.2 Å². The van der Waals surface area contributed by atoms with Crippen LogP contribution in [0.5, 0.6) is 0 Å². The lowest BCUT2D eigenvalue weighted by atomic mass is 10.0. The Balaban J connectivity index is 0. The average Bonchev–Trinajstić information content (AvgIpc) is 3.30. The van der Waals surface area contributed by atoms with Crippen LogP contribution >= 0.6 is 0 Å². The van der Waals surface area contributed by atoms with Crippen LogP contribution in [0.3, 0.4) is 0 Å². The number of hydrogen-bond acceptors (Lipinski definition) is 8. The predicted molar refractivity (Wildman–Crippen MR) is 293 cm³/mol. The largest absolute Gasteiger partial charge is 0.466 e. The summed E-state index contributed by atoms with van der Waals surface area (Å²) in [6, 6.07) is 0. The van der Waals surface area contributed by atoms with Crippen LogP contribution < -0.4 is 0 Å². The van der Waals surface area contributed by atoms with Crippen LogP contribution in [0.25, 0.3) is 0 Å². The van der Waals surface area contributed by atoms with Gasteiger partial charge in [0.15, 0.2) is 6.10 Å². The van der Waals surface area contributed by atoms with Crippen molar-refractivity contribution in [3.63, 3.8) is 0 Å². The molecule has 0 aliphatic carbocycles. The summed E-state index contributed by atoms with van der Waals surface area (Å²) in [4.78, 5) is 47.9. The third kappa shape index (κ3) is 61.9. The smallest absolute Gasteiger partial charge is 0.306 e. The highest BCUT2D eigenvalue weighted by molar-refractivity contribution is 5.71. The van der Waals surface area contributed by atoms with Gasteiger partial charge in [0.1, 0.15) is 13.2 Å². The maximum Gasteiger partial charge on any atom is 0.306 e. The van der Waals surface area contributed by atoms with Gasteiger partial charge in [0, 0.05) is 26.2 Å². The lowest BCUT2D eigenvalue weighted by Gasteiger charge is -2.18. The molecule has 410 valence electrons. The van der Waals surface area contributed by atoms with Crippen LogP contribution in [0.15, 0.2) is 0 Å². The van der Waals surface area contributed by atoms with Crippen molar-refractivity contribution in [2.45, 2.75) is 331 Å². The molecule has 0 rings (SSSR count). The quantitative estimate of drug-likeness (QED) is 0.0337. The first-order valence-corrected chi connectivity index (χ1v) is 30.0. The Morgan fingerprint density at radius 3 is 0.725 bits per heavy atom. The molecular weight excluding hydrogens is 861 g/mol. The van der Waals surface area contributed by atoms with Crippen molar-refractivity contribution < 1.29 is 38.1 Å². The van der Waals surface area contributed by atoms with Gasteiger partial charge in [0.05, 0.1) is 6.61 Å². The van der Waals surface area contributed by atoms with E-state index in [1.54, 1.807) is 6.92 Å². The number of unbranched alkanes of at least 4 members (excludes halogenated alkanes) is 33. The molecule has 0 aromatic heterocycles. The van der Waals surface area contributed by atoms with Crippen LogP contribution in [-0.2, 0) is 38.1 Å². The number of ether oxygens (including phenoxy) is 4. The molecule has 0 N–H and O–H groups in total. The highest BCUT2D eigenvalue weighted by atomic mass is 16.6. The van der Waals surface area contributed by atoms with Gasteiger partial charge in [-0.25, -0.2) is 0 Å². The first-order valence-electron chi connectivity index (χ1n) is 30.0. The zero-order valence-corrected chi connectivity index (χ0v) is 47.4. The monoisotopic (exact) mass is 979 g/mol. The van der Waals surface area contributed by atoms with Gasteiger partial charge in [-0.3, -0.25) is 19.2 Å². The molecule has 8 nitrogen and oxygen atoms in total. The fraction of sp³-hybridized carbons (Fsp3) is 0.934. The SMILES string of the molecule is CC(C)CCCCCCCCCCCCCCC(=O)OCC(COC(=O)CCCCCCCCCCCCCCC(C)C)OC(=O)CCCCCCCCCCCCCCC(C)C.CCOC(C)=O. The molecule has 0 atom stereocenters. The third-order valence-corrected chi connectivity index (χ3v) is 13.2. The second-order valence-electron chi connectivity index (χ2n) is 21.9. The van der Waals surface area contributed by atoms with Crippen molar-refractivity contribution in [3.05, 3.63) is 0 Å². The molecule has 0 spiro atoms. The van der Waals surface area contributed by atoms with E-state index in [0.29, 0.717) is 25.9 Å². The summed E-state index contributed by atoms with van der Waals surface area (Å²) in [6.45, 7) is 17.4. The Hall–Kier alpha value is -2.12. The van der Waals surface area contributed by atoms with E-state index in [1.165, 1.54) is 200 Å². The van der Waals surface area contributed by atoms with Gasteiger partial charge < -0.3 is 18.9 Å². The molecule has 0 radical (unpaired) electrons. The summed E-state index contributed by atoms with van der Waals surface area (Å²) in [6.07, 6.45) is 49.5. The Morgan fingerprint density at radius 1 is 0.304 bits per heavy atom. The number of carbonyl (C=O) groups is 4. The standard InChI is InChI=1S/C57H110O6.C4H8O2/c1-51(2)43-37-31-25-19-13-7-10-16-22-28-34-40-46-55(58)61-49-54(63-57(60)48-42-36-30-24-18-12-9-15-21-27-33-39-45-53(5)6)50-62-56(59)47-41-35-29-23-17-11-8-14-20-26-32-38-44-52(3)4;1-3-6-4(2)5/h51-54H,7-50H2,1-6H3;3H2,1-2H3. The molecule has 0 bridgehead atoms. The topological polar surface area (TPSA) is 105 Å². The van der Waals surface area contributed by atoms with Gasteiger partial charge in [-0.2, -0.15) is 0 Å². The minimum atomic E-state index is -0.763. The second kappa shape index (κ2) is 55.2. The molecule has 0 aliphatic heterocycles. The molecular formula is C61H118O8. The molecule has 0 amide bonds. The van der Waals surface area contributed by atoms with E-state index in [1.807, 2.05) is 0 Å². The molecule has 8 heteroatoms. The predicted octanol–water partition coefficient (Wildman–Crippen LogP) is 18.9. The Labute approximate surface area is 429 Å². The molecule has 0 saturated heterocycles. The van der Waals surface area contributed by atoms with Crippen molar-refractivity contribution in [1.29, 1.82) is 0 Å². The van der Waals surface area contributed by atoms with Crippen LogP contribution in [0.4, 0.5) is 0 Å².